The van der Waals surface area contributed by atoms with Crippen LogP contribution in [0.3, 0.4) is 0 Å². The van der Waals surface area contributed by atoms with Crippen molar-refractivity contribution in [3.05, 3.63) is 59.8 Å². The standard InChI is InChI=1S/C15H12F3N3/c16-15(17,18)13-7-12(19)6-5-11(13)9-21-14-4-2-1-3-10(14)8-20-21/h1-8H,9,19H2. The van der Waals surface area contributed by atoms with E-state index >= 15 is 0 Å². The zero-order valence-corrected chi connectivity index (χ0v) is 10.9. The maximum Gasteiger partial charge on any atom is 0.416 e. The number of nitrogen functional groups attached to an aromatic ring is 1. The van der Waals surface area contributed by atoms with Gasteiger partial charge in [-0.3, -0.25) is 4.68 Å². The van der Waals surface area contributed by atoms with E-state index in [1.54, 1.807) is 10.9 Å². The Morgan fingerprint density at radius 1 is 1.10 bits per heavy atom. The Bertz CT molecular complexity index is 790. The zero-order valence-electron chi connectivity index (χ0n) is 10.9. The van der Waals surface area contributed by atoms with Crippen molar-refractivity contribution in [2.24, 2.45) is 0 Å². The van der Waals surface area contributed by atoms with Crippen LogP contribution in [-0.2, 0) is 12.7 Å². The minimum Gasteiger partial charge on any atom is -0.399 e. The predicted molar refractivity (Wildman–Crippen MR) is 74.7 cm³/mol. The largest absolute Gasteiger partial charge is 0.416 e. The van der Waals surface area contributed by atoms with E-state index in [1.807, 2.05) is 24.3 Å². The number of hydrogen-bond donors (Lipinski definition) is 1. The third-order valence-electron chi connectivity index (χ3n) is 3.31. The molecule has 0 aliphatic carbocycles. The van der Waals surface area contributed by atoms with E-state index in [9.17, 15) is 13.2 Å². The third kappa shape index (κ3) is 2.56. The Morgan fingerprint density at radius 2 is 1.86 bits per heavy atom. The molecule has 0 aliphatic heterocycles. The van der Waals surface area contributed by atoms with Crippen LogP contribution in [0.4, 0.5) is 18.9 Å². The molecule has 0 atom stereocenters. The molecule has 108 valence electrons. The van der Waals surface area contributed by atoms with Crippen LogP contribution in [-0.4, -0.2) is 9.78 Å². The van der Waals surface area contributed by atoms with Gasteiger partial charge in [-0.1, -0.05) is 24.3 Å². The van der Waals surface area contributed by atoms with Gasteiger partial charge in [0.25, 0.3) is 0 Å². The van der Waals surface area contributed by atoms with E-state index in [2.05, 4.69) is 5.10 Å². The van der Waals surface area contributed by atoms with Crippen LogP contribution in [0.1, 0.15) is 11.1 Å². The monoisotopic (exact) mass is 291 g/mol. The number of halogens is 3. The van der Waals surface area contributed by atoms with Crippen LogP contribution in [0.15, 0.2) is 48.7 Å². The Morgan fingerprint density at radius 3 is 2.62 bits per heavy atom. The molecule has 3 rings (SSSR count). The molecule has 0 amide bonds. The highest BCUT2D eigenvalue weighted by Crippen LogP contribution is 2.33. The van der Waals surface area contributed by atoms with E-state index < -0.39 is 11.7 Å². The molecule has 2 N–H and O–H groups in total. The fraction of sp³-hybridized carbons (Fsp3) is 0.133. The van der Waals surface area contributed by atoms with Crippen LogP contribution in [0.25, 0.3) is 10.9 Å². The fourth-order valence-electron chi connectivity index (χ4n) is 2.31. The smallest absolute Gasteiger partial charge is 0.399 e. The summed E-state index contributed by atoms with van der Waals surface area (Å²) in [5.41, 5.74) is 5.78. The van der Waals surface area contributed by atoms with Gasteiger partial charge in [-0.2, -0.15) is 18.3 Å². The van der Waals surface area contributed by atoms with E-state index in [0.29, 0.717) is 0 Å². The molecule has 0 saturated carbocycles. The maximum absolute atomic E-state index is 13.1. The summed E-state index contributed by atoms with van der Waals surface area (Å²) in [6.07, 6.45) is -2.80. The van der Waals surface area contributed by atoms with Gasteiger partial charge in [-0.15, -0.1) is 0 Å². The first-order valence-electron chi connectivity index (χ1n) is 6.31. The minimum absolute atomic E-state index is 0.0443. The van der Waals surface area contributed by atoms with E-state index in [4.69, 9.17) is 5.73 Å². The molecular weight excluding hydrogens is 279 g/mol. The van der Waals surface area contributed by atoms with E-state index in [1.165, 1.54) is 12.1 Å². The molecule has 1 heterocycles. The van der Waals surface area contributed by atoms with Gasteiger partial charge in [-0.05, 0) is 23.8 Å². The lowest BCUT2D eigenvalue weighted by Crippen LogP contribution is -2.13. The number of nitrogens with zero attached hydrogens (tertiary/aromatic N) is 2. The summed E-state index contributed by atoms with van der Waals surface area (Å²) in [6.45, 7) is 0.0443. The number of alkyl halides is 3. The second kappa shape index (κ2) is 4.80. The molecule has 0 fully saturated rings. The van der Waals surface area contributed by atoms with Crippen molar-refractivity contribution >= 4 is 16.6 Å². The average molecular weight is 291 g/mol. The van der Waals surface area contributed by atoms with Gasteiger partial charge in [0.15, 0.2) is 0 Å². The van der Waals surface area contributed by atoms with Crippen LogP contribution >= 0.6 is 0 Å². The summed E-state index contributed by atoms with van der Waals surface area (Å²) in [5, 5.41) is 5.04. The van der Waals surface area contributed by atoms with Crippen LogP contribution < -0.4 is 5.73 Å². The molecule has 0 bridgehead atoms. The lowest BCUT2D eigenvalue weighted by Gasteiger charge is -2.14. The summed E-state index contributed by atoms with van der Waals surface area (Å²) < 4.78 is 40.8. The predicted octanol–water partition coefficient (Wildman–Crippen LogP) is 3.69. The number of benzene rings is 2. The van der Waals surface area contributed by atoms with Crippen molar-refractivity contribution in [3.8, 4) is 0 Å². The highest BCUT2D eigenvalue weighted by molar-refractivity contribution is 5.78. The number of hydrogen-bond acceptors (Lipinski definition) is 2. The molecular formula is C15H12F3N3. The SMILES string of the molecule is Nc1ccc(Cn2ncc3ccccc32)c(C(F)(F)F)c1. The highest BCUT2D eigenvalue weighted by atomic mass is 19.4. The normalized spacial score (nSPS) is 12.0. The average Bonchev–Trinajstić information content (AvgIpc) is 2.83. The van der Waals surface area contributed by atoms with Gasteiger partial charge in [0.1, 0.15) is 0 Å². The van der Waals surface area contributed by atoms with Crippen molar-refractivity contribution in [3.63, 3.8) is 0 Å². The van der Waals surface area contributed by atoms with E-state index in [0.717, 1.165) is 17.0 Å². The van der Waals surface area contributed by atoms with Gasteiger partial charge in [0.05, 0.1) is 23.8 Å². The van der Waals surface area contributed by atoms with Gasteiger partial charge >= 0.3 is 6.18 Å². The van der Waals surface area contributed by atoms with Crippen molar-refractivity contribution in [1.82, 2.24) is 9.78 Å². The van der Waals surface area contributed by atoms with Gasteiger partial charge in [0, 0.05) is 11.1 Å². The second-order valence-corrected chi connectivity index (χ2v) is 4.78. The molecule has 3 aromatic rings. The topological polar surface area (TPSA) is 43.8 Å². The maximum atomic E-state index is 13.1. The zero-order chi connectivity index (χ0) is 15.0. The Balaban J connectivity index is 2.06. The molecule has 1 aromatic heterocycles. The van der Waals surface area contributed by atoms with Gasteiger partial charge in [0.2, 0.25) is 0 Å². The summed E-state index contributed by atoms with van der Waals surface area (Å²) in [7, 11) is 0. The van der Waals surface area contributed by atoms with Gasteiger partial charge < -0.3 is 5.73 Å². The molecule has 3 nitrogen and oxygen atoms in total. The first-order chi connectivity index (χ1) is 9.95. The molecule has 0 aliphatic rings. The highest BCUT2D eigenvalue weighted by Gasteiger charge is 2.33. The number of rotatable bonds is 2. The van der Waals surface area contributed by atoms with Crippen molar-refractivity contribution < 1.29 is 13.2 Å². The Kier molecular flexibility index (Phi) is 3.08. The Hall–Kier alpha value is -2.50. The molecule has 0 saturated heterocycles. The van der Waals surface area contributed by atoms with E-state index in [-0.39, 0.29) is 17.8 Å². The molecule has 6 heteroatoms. The van der Waals surface area contributed by atoms with Crippen molar-refractivity contribution in [1.29, 1.82) is 0 Å². The summed E-state index contributed by atoms with van der Waals surface area (Å²) in [5.74, 6) is 0. The number of para-hydroxylation sites is 1. The number of aromatic nitrogens is 2. The molecule has 0 spiro atoms. The number of anilines is 1. The van der Waals surface area contributed by atoms with Crippen LogP contribution in [0, 0.1) is 0 Å². The second-order valence-electron chi connectivity index (χ2n) is 4.78. The number of nitrogens with two attached hydrogens (primary N) is 1. The molecule has 21 heavy (non-hydrogen) atoms. The Labute approximate surface area is 118 Å². The first-order valence-corrected chi connectivity index (χ1v) is 6.31. The summed E-state index contributed by atoms with van der Waals surface area (Å²) in [6, 6.07) is 11.2. The van der Waals surface area contributed by atoms with Crippen LogP contribution in [0.2, 0.25) is 0 Å². The lowest BCUT2D eigenvalue weighted by molar-refractivity contribution is -0.138. The van der Waals surface area contributed by atoms with Crippen molar-refractivity contribution in [2.75, 3.05) is 5.73 Å². The van der Waals surface area contributed by atoms with Crippen LogP contribution in [0.5, 0.6) is 0 Å². The quantitative estimate of drug-likeness (QED) is 0.732. The van der Waals surface area contributed by atoms with Gasteiger partial charge in [-0.25, -0.2) is 0 Å². The number of fused-ring (bicyclic) bond motifs is 1. The molecule has 2 aromatic carbocycles. The summed E-state index contributed by atoms with van der Waals surface area (Å²) in [4.78, 5) is 0. The molecule has 0 unspecified atom stereocenters. The van der Waals surface area contributed by atoms with Crippen molar-refractivity contribution in [2.45, 2.75) is 12.7 Å². The fourth-order valence-corrected chi connectivity index (χ4v) is 2.31. The first kappa shape index (κ1) is 13.5. The lowest BCUT2D eigenvalue weighted by atomic mass is 10.1. The molecule has 0 radical (unpaired) electrons. The third-order valence-corrected chi connectivity index (χ3v) is 3.31. The minimum atomic E-state index is -4.44. The summed E-state index contributed by atoms with van der Waals surface area (Å²) >= 11 is 0.